The van der Waals surface area contributed by atoms with Crippen molar-refractivity contribution in [2.75, 3.05) is 19.0 Å². The summed E-state index contributed by atoms with van der Waals surface area (Å²) in [6, 6.07) is 8.17. The standard InChI is InChI=1S/C14H15N3O4/c1-9-6-12(17-21-9)16-13(18)8-20-11-5-3-4-10(7-11)14(19)15-2/h3-7H,8H2,1-2H3,(H,15,19)(H,16,17,18). The number of carbonyl (C=O) groups excluding carboxylic acids is 2. The van der Waals surface area contributed by atoms with Crippen molar-refractivity contribution in [3.8, 4) is 5.75 Å². The molecule has 7 nitrogen and oxygen atoms in total. The third-order valence-corrected chi connectivity index (χ3v) is 2.59. The topological polar surface area (TPSA) is 93.5 Å². The van der Waals surface area contributed by atoms with E-state index in [1.807, 2.05) is 0 Å². The van der Waals surface area contributed by atoms with E-state index in [1.165, 1.54) is 0 Å². The molecule has 0 radical (unpaired) electrons. The van der Waals surface area contributed by atoms with Crippen LogP contribution in [-0.2, 0) is 4.79 Å². The number of anilines is 1. The highest BCUT2D eigenvalue weighted by molar-refractivity contribution is 5.94. The number of ether oxygens (including phenoxy) is 1. The first-order valence-corrected chi connectivity index (χ1v) is 6.26. The van der Waals surface area contributed by atoms with Crippen molar-refractivity contribution in [2.24, 2.45) is 0 Å². The quantitative estimate of drug-likeness (QED) is 0.866. The normalized spacial score (nSPS) is 10.0. The molecule has 0 aliphatic heterocycles. The first-order chi connectivity index (χ1) is 10.1. The van der Waals surface area contributed by atoms with Gasteiger partial charge in [0.15, 0.2) is 12.4 Å². The van der Waals surface area contributed by atoms with E-state index in [0.717, 1.165) is 0 Å². The van der Waals surface area contributed by atoms with Gasteiger partial charge in [0.05, 0.1) is 0 Å². The van der Waals surface area contributed by atoms with Gasteiger partial charge in [-0.25, -0.2) is 0 Å². The molecule has 0 aliphatic rings. The molecule has 2 rings (SSSR count). The fourth-order valence-corrected chi connectivity index (χ4v) is 1.62. The maximum atomic E-state index is 11.7. The van der Waals surface area contributed by atoms with Crippen LogP contribution in [0, 0.1) is 6.92 Å². The van der Waals surface area contributed by atoms with Crippen molar-refractivity contribution in [2.45, 2.75) is 6.92 Å². The minimum absolute atomic E-state index is 0.191. The van der Waals surface area contributed by atoms with Crippen molar-refractivity contribution in [1.29, 1.82) is 0 Å². The van der Waals surface area contributed by atoms with Gasteiger partial charge in [0.2, 0.25) is 0 Å². The van der Waals surface area contributed by atoms with Crippen LogP contribution in [0.25, 0.3) is 0 Å². The maximum absolute atomic E-state index is 11.7. The largest absolute Gasteiger partial charge is 0.484 e. The molecule has 1 aromatic heterocycles. The molecule has 0 aliphatic carbocycles. The van der Waals surface area contributed by atoms with Gasteiger partial charge in [-0.3, -0.25) is 9.59 Å². The summed E-state index contributed by atoms with van der Waals surface area (Å²) in [6.07, 6.45) is 0. The van der Waals surface area contributed by atoms with E-state index in [-0.39, 0.29) is 18.4 Å². The van der Waals surface area contributed by atoms with Gasteiger partial charge in [-0.2, -0.15) is 0 Å². The van der Waals surface area contributed by atoms with Crippen LogP contribution < -0.4 is 15.4 Å². The molecule has 0 saturated heterocycles. The minimum Gasteiger partial charge on any atom is -0.484 e. The lowest BCUT2D eigenvalue weighted by atomic mass is 10.2. The summed E-state index contributed by atoms with van der Waals surface area (Å²) >= 11 is 0. The number of hydrogen-bond acceptors (Lipinski definition) is 5. The highest BCUT2D eigenvalue weighted by atomic mass is 16.5. The molecule has 2 aromatic rings. The predicted molar refractivity (Wildman–Crippen MR) is 75.2 cm³/mol. The lowest BCUT2D eigenvalue weighted by Crippen LogP contribution is -2.21. The Hall–Kier alpha value is -2.83. The second-order valence-corrected chi connectivity index (χ2v) is 4.27. The van der Waals surface area contributed by atoms with E-state index in [1.54, 1.807) is 44.3 Å². The van der Waals surface area contributed by atoms with Gasteiger partial charge in [0, 0.05) is 18.7 Å². The SMILES string of the molecule is CNC(=O)c1cccc(OCC(=O)Nc2cc(C)on2)c1. The van der Waals surface area contributed by atoms with Crippen LogP contribution >= 0.6 is 0 Å². The van der Waals surface area contributed by atoms with E-state index in [2.05, 4.69) is 15.8 Å². The summed E-state index contributed by atoms with van der Waals surface area (Å²) in [6.45, 7) is 1.53. The van der Waals surface area contributed by atoms with Gasteiger partial charge in [0.1, 0.15) is 11.5 Å². The van der Waals surface area contributed by atoms with Crippen molar-refractivity contribution in [3.05, 3.63) is 41.7 Å². The fraction of sp³-hybridized carbons (Fsp3) is 0.214. The van der Waals surface area contributed by atoms with Crippen molar-refractivity contribution < 1.29 is 18.8 Å². The average Bonchev–Trinajstić information content (AvgIpc) is 2.89. The van der Waals surface area contributed by atoms with Gasteiger partial charge in [-0.1, -0.05) is 11.2 Å². The highest BCUT2D eigenvalue weighted by Gasteiger charge is 2.08. The Labute approximate surface area is 121 Å². The molecule has 1 aromatic carbocycles. The Morgan fingerprint density at radius 1 is 1.33 bits per heavy atom. The molecule has 7 heteroatoms. The molecule has 0 unspecified atom stereocenters. The molecule has 2 amide bonds. The minimum atomic E-state index is -0.367. The lowest BCUT2D eigenvalue weighted by Gasteiger charge is -2.07. The average molecular weight is 289 g/mol. The van der Waals surface area contributed by atoms with E-state index >= 15 is 0 Å². The summed E-state index contributed by atoms with van der Waals surface area (Å²) in [5.74, 6) is 0.781. The summed E-state index contributed by atoms with van der Waals surface area (Å²) in [5, 5.41) is 8.69. The Bertz CT molecular complexity index is 651. The van der Waals surface area contributed by atoms with Crippen molar-refractivity contribution >= 4 is 17.6 Å². The van der Waals surface area contributed by atoms with E-state index in [9.17, 15) is 9.59 Å². The molecule has 0 spiro atoms. The molecule has 1 heterocycles. The lowest BCUT2D eigenvalue weighted by molar-refractivity contribution is -0.118. The van der Waals surface area contributed by atoms with Crippen LogP contribution in [0.5, 0.6) is 5.75 Å². The number of nitrogens with zero attached hydrogens (tertiary/aromatic N) is 1. The molecular formula is C14H15N3O4. The number of hydrogen-bond donors (Lipinski definition) is 2. The molecule has 0 bridgehead atoms. The van der Waals surface area contributed by atoms with Gasteiger partial charge in [-0.05, 0) is 25.1 Å². The highest BCUT2D eigenvalue weighted by Crippen LogP contribution is 2.13. The monoisotopic (exact) mass is 289 g/mol. The summed E-state index contributed by atoms with van der Waals surface area (Å²) in [4.78, 5) is 23.2. The molecule has 21 heavy (non-hydrogen) atoms. The number of nitrogens with one attached hydrogen (secondary N) is 2. The zero-order chi connectivity index (χ0) is 15.2. The Kier molecular flexibility index (Phi) is 4.55. The zero-order valence-electron chi connectivity index (χ0n) is 11.7. The number of carbonyl (C=O) groups is 2. The fourth-order valence-electron chi connectivity index (χ4n) is 1.62. The molecule has 0 atom stereocenters. The molecule has 0 saturated carbocycles. The number of aromatic nitrogens is 1. The molecule has 2 N–H and O–H groups in total. The van der Waals surface area contributed by atoms with Crippen LogP contribution in [0.2, 0.25) is 0 Å². The van der Waals surface area contributed by atoms with Crippen LogP contribution in [0.3, 0.4) is 0 Å². The van der Waals surface area contributed by atoms with Gasteiger partial charge in [0.25, 0.3) is 11.8 Å². The molecule has 110 valence electrons. The number of benzene rings is 1. The Morgan fingerprint density at radius 3 is 2.81 bits per heavy atom. The Morgan fingerprint density at radius 2 is 2.14 bits per heavy atom. The molecular weight excluding hydrogens is 274 g/mol. The maximum Gasteiger partial charge on any atom is 0.263 e. The summed E-state index contributed by atoms with van der Waals surface area (Å²) < 4.78 is 10.2. The zero-order valence-corrected chi connectivity index (χ0v) is 11.7. The summed E-state index contributed by atoms with van der Waals surface area (Å²) in [7, 11) is 1.54. The Balaban J connectivity index is 1.90. The van der Waals surface area contributed by atoms with Gasteiger partial charge < -0.3 is 19.9 Å². The second-order valence-electron chi connectivity index (χ2n) is 4.27. The van der Waals surface area contributed by atoms with Crippen LogP contribution in [0.4, 0.5) is 5.82 Å². The first kappa shape index (κ1) is 14.6. The predicted octanol–water partition coefficient (Wildman–Crippen LogP) is 1.36. The third kappa shape index (κ3) is 4.07. The smallest absolute Gasteiger partial charge is 0.263 e. The number of amides is 2. The summed E-state index contributed by atoms with van der Waals surface area (Å²) in [5.41, 5.74) is 0.461. The van der Waals surface area contributed by atoms with Crippen LogP contribution in [-0.4, -0.2) is 30.6 Å². The van der Waals surface area contributed by atoms with E-state index < -0.39 is 0 Å². The van der Waals surface area contributed by atoms with E-state index in [0.29, 0.717) is 22.9 Å². The third-order valence-electron chi connectivity index (χ3n) is 2.59. The first-order valence-electron chi connectivity index (χ1n) is 6.26. The van der Waals surface area contributed by atoms with Crippen LogP contribution in [0.1, 0.15) is 16.1 Å². The molecule has 0 fully saturated rings. The van der Waals surface area contributed by atoms with Crippen molar-refractivity contribution in [1.82, 2.24) is 10.5 Å². The van der Waals surface area contributed by atoms with Gasteiger partial charge in [-0.15, -0.1) is 0 Å². The number of aryl methyl sites for hydroxylation is 1. The van der Waals surface area contributed by atoms with Crippen molar-refractivity contribution in [3.63, 3.8) is 0 Å². The van der Waals surface area contributed by atoms with Crippen LogP contribution in [0.15, 0.2) is 34.9 Å². The van der Waals surface area contributed by atoms with Gasteiger partial charge >= 0.3 is 0 Å². The number of rotatable bonds is 5. The second kappa shape index (κ2) is 6.56. The van der Waals surface area contributed by atoms with E-state index in [4.69, 9.17) is 9.26 Å².